The Bertz CT molecular complexity index is 943. The summed E-state index contributed by atoms with van der Waals surface area (Å²) in [7, 11) is 0. The molecule has 4 heteroatoms. The molecule has 2 rings (SSSR count). The number of hydrogen-bond donors (Lipinski definition) is 0. The van der Waals surface area contributed by atoms with E-state index in [-0.39, 0.29) is 11.5 Å². The minimum absolute atomic E-state index is 0.0840. The Balaban J connectivity index is 2.63. The average molecular weight is 394 g/mol. The van der Waals surface area contributed by atoms with Gasteiger partial charge in [0.1, 0.15) is 6.07 Å². The first kappa shape index (κ1) is 21.8. The van der Waals surface area contributed by atoms with Crippen molar-refractivity contribution in [1.29, 1.82) is 5.26 Å². The maximum Gasteiger partial charge on any atom is 0.265 e. The maximum atomic E-state index is 12.6. The highest BCUT2D eigenvalue weighted by Gasteiger charge is 2.30. The Morgan fingerprint density at radius 2 is 2.00 bits per heavy atom. The molecule has 0 amide bonds. The van der Waals surface area contributed by atoms with Gasteiger partial charge in [-0.15, -0.1) is 11.3 Å². The summed E-state index contributed by atoms with van der Waals surface area (Å²) in [6.07, 6.45) is 5.20. The Kier molecular flexibility index (Phi) is 7.10. The average Bonchev–Trinajstić information content (AvgIpc) is 3.40. The molecule has 1 aliphatic rings. The fourth-order valence-corrected chi connectivity index (χ4v) is 4.22. The first-order chi connectivity index (χ1) is 13.2. The van der Waals surface area contributed by atoms with Crippen molar-refractivity contribution in [2.75, 3.05) is 0 Å². The predicted molar refractivity (Wildman–Crippen MR) is 116 cm³/mol. The predicted octanol–water partition coefficient (Wildman–Crippen LogP) is 5.99. The van der Waals surface area contributed by atoms with Crippen LogP contribution in [0.25, 0.3) is 5.57 Å². The molecule has 0 spiro atoms. The summed E-state index contributed by atoms with van der Waals surface area (Å²) < 4.78 is 0. The Morgan fingerprint density at radius 1 is 1.36 bits per heavy atom. The summed E-state index contributed by atoms with van der Waals surface area (Å²) in [6.45, 7) is 14.2. The number of Topliss-reactive ketones (excluding diaryl/α,β-unsaturated/α-hetero) is 1. The van der Waals surface area contributed by atoms with Crippen molar-refractivity contribution < 1.29 is 9.59 Å². The lowest BCUT2D eigenvalue weighted by atomic mass is 9.82. The molecule has 0 bridgehead atoms. The van der Waals surface area contributed by atoms with Gasteiger partial charge in [0.05, 0.1) is 5.57 Å². The number of ketones is 2. The zero-order valence-corrected chi connectivity index (χ0v) is 18.1. The minimum atomic E-state index is -0.803. The number of rotatable bonds is 8. The fourth-order valence-electron chi connectivity index (χ4n) is 3.51. The molecule has 1 aromatic heterocycles. The molecule has 146 valence electrons. The Hall–Kier alpha value is -2.51. The monoisotopic (exact) mass is 393 g/mol. The van der Waals surface area contributed by atoms with Crippen LogP contribution in [0.4, 0.5) is 0 Å². The molecule has 0 atom stereocenters. The summed E-state index contributed by atoms with van der Waals surface area (Å²) in [5.41, 5.74) is 5.24. The van der Waals surface area contributed by atoms with Gasteiger partial charge in [-0.3, -0.25) is 9.59 Å². The second-order valence-electron chi connectivity index (χ2n) is 7.47. The van der Waals surface area contributed by atoms with Crippen LogP contribution in [0.5, 0.6) is 0 Å². The van der Waals surface area contributed by atoms with Crippen LogP contribution in [0, 0.1) is 30.1 Å². The van der Waals surface area contributed by atoms with E-state index in [0.29, 0.717) is 5.92 Å². The van der Waals surface area contributed by atoms with Crippen LogP contribution in [-0.4, -0.2) is 11.6 Å². The van der Waals surface area contributed by atoms with E-state index in [1.165, 1.54) is 28.7 Å². The fraction of sp³-hybridized carbons (Fsp3) is 0.375. The van der Waals surface area contributed by atoms with Crippen molar-refractivity contribution >= 4 is 28.5 Å². The largest absolute Gasteiger partial charge is 0.289 e. The van der Waals surface area contributed by atoms with E-state index >= 15 is 0 Å². The van der Waals surface area contributed by atoms with Gasteiger partial charge in [-0.05, 0) is 90.8 Å². The molecule has 1 aliphatic carbocycles. The zero-order valence-electron chi connectivity index (χ0n) is 17.3. The van der Waals surface area contributed by atoms with E-state index in [0.717, 1.165) is 35.1 Å². The summed E-state index contributed by atoms with van der Waals surface area (Å²) in [4.78, 5) is 25.6. The van der Waals surface area contributed by atoms with Crippen molar-refractivity contribution in [2.24, 2.45) is 11.8 Å². The van der Waals surface area contributed by atoms with Gasteiger partial charge < -0.3 is 0 Å². The number of nitrogens with zero attached hydrogens (tertiary/aromatic N) is 1. The summed E-state index contributed by atoms with van der Waals surface area (Å²) in [5.74, 6) is -0.557. The van der Waals surface area contributed by atoms with Crippen LogP contribution in [-0.2, 0) is 9.59 Å². The first-order valence-corrected chi connectivity index (χ1v) is 10.4. The van der Waals surface area contributed by atoms with Crippen molar-refractivity contribution in [2.45, 2.75) is 47.5 Å². The van der Waals surface area contributed by atoms with Gasteiger partial charge in [0.25, 0.3) is 5.78 Å². The van der Waals surface area contributed by atoms with Crippen molar-refractivity contribution in [3.05, 3.63) is 62.9 Å². The van der Waals surface area contributed by atoms with Gasteiger partial charge in [-0.2, -0.15) is 5.26 Å². The molecule has 1 heterocycles. The van der Waals surface area contributed by atoms with Gasteiger partial charge in [0, 0.05) is 4.88 Å². The van der Waals surface area contributed by atoms with Crippen LogP contribution in [0.1, 0.15) is 51.0 Å². The molecule has 1 fully saturated rings. The summed E-state index contributed by atoms with van der Waals surface area (Å²) in [5, 5.41) is 10.9. The summed E-state index contributed by atoms with van der Waals surface area (Å²) in [6, 6.07) is 3.66. The number of carbonyl (C=O) groups excluding carboxylic acids is 2. The highest BCUT2D eigenvalue weighted by atomic mass is 32.1. The van der Waals surface area contributed by atoms with Crippen LogP contribution < -0.4 is 0 Å². The molecule has 3 nitrogen and oxygen atoms in total. The highest BCUT2D eigenvalue weighted by Crippen LogP contribution is 2.46. The molecule has 28 heavy (non-hydrogen) atoms. The number of aryl methyl sites for hydroxylation is 1. The number of carbonyl (C=O) groups is 2. The smallest absolute Gasteiger partial charge is 0.265 e. The van der Waals surface area contributed by atoms with Crippen LogP contribution in [0.2, 0.25) is 0 Å². The SMILES string of the molecule is C=C(/C(=C(/C(C)=C/C(=O)/C(=C\C)C(=O)C#N)C(C)C)c1ccsc1C)C1CC1. The second kappa shape index (κ2) is 9.12. The van der Waals surface area contributed by atoms with Crippen molar-refractivity contribution in [3.8, 4) is 6.07 Å². The van der Waals surface area contributed by atoms with E-state index in [9.17, 15) is 9.59 Å². The zero-order chi connectivity index (χ0) is 21.0. The van der Waals surface area contributed by atoms with Gasteiger partial charge in [0.15, 0.2) is 5.78 Å². The second-order valence-corrected chi connectivity index (χ2v) is 8.59. The molecule has 0 N–H and O–H groups in total. The third-order valence-corrected chi connectivity index (χ3v) is 5.88. The van der Waals surface area contributed by atoms with E-state index in [1.807, 2.05) is 6.92 Å². The van der Waals surface area contributed by atoms with Gasteiger partial charge in [-0.1, -0.05) is 26.5 Å². The number of thiophene rings is 1. The van der Waals surface area contributed by atoms with E-state index in [1.54, 1.807) is 18.3 Å². The van der Waals surface area contributed by atoms with Crippen LogP contribution >= 0.6 is 11.3 Å². The number of allylic oxidation sites excluding steroid dienone is 7. The molecule has 0 saturated heterocycles. The minimum Gasteiger partial charge on any atom is -0.289 e. The first-order valence-electron chi connectivity index (χ1n) is 9.54. The standard InChI is InChI=1S/C24H27NO2S/c1-7-19(22(27)13-25)21(26)12-15(4)23(14(2)3)24(16(5)18-8-9-18)20-10-11-28-17(20)6/h7,10-12,14,18H,5,8-9H2,1-4,6H3/b15-12+,19-7+,24-23-. The number of nitriles is 1. The topological polar surface area (TPSA) is 57.9 Å². The third-order valence-electron chi connectivity index (χ3n) is 5.04. The Morgan fingerprint density at radius 3 is 2.43 bits per heavy atom. The molecule has 0 radical (unpaired) electrons. The van der Waals surface area contributed by atoms with E-state index in [2.05, 4.69) is 38.8 Å². The lowest BCUT2D eigenvalue weighted by Gasteiger charge is -2.22. The lowest BCUT2D eigenvalue weighted by molar-refractivity contribution is -0.116. The third kappa shape index (κ3) is 4.66. The van der Waals surface area contributed by atoms with Crippen LogP contribution in [0.3, 0.4) is 0 Å². The van der Waals surface area contributed by atoms with Crippen molar-refractivity contribution in [3.63, 3.8) is 0 Å². The molecule has 0 aromatic carbocycles. The number of hydrogen-bond acceptors (Lipinski definition) is 4. The molecule has 0 unspecified atom stereocenters. The molecule has 1 saturated carbocycles. The van der Waals surface area contributed by atoms with Crippen LogP contribution in [0.15, 0.2) is 52.5 Å². The quantitative estimate of drug-likeness (QED) is 0.179. The lowest BCUT2D eigenvalue weighted by Crippen LogP contribution is -2.11. The molecular weight excluding hydrogens is 366 g/mol. The van der Waals surface area contributed by atoms with E-state index in [4.69, 9.17) is 5.26 Å². The maximum absolute atomic E-state index is 12.6. The Labute approximate surface area is 171 Å². The van der Waals surface area contributed by atoms with E-state index < -0.39 is 11.6 Å². The molecule has 0 aliphatic heterocycles. The molecular formula is C24H27NO2S. The highest BCUT2D eigenvalue weighted by molar-refractivity contribution is 7.10. The van der Waals surface area contributed by atoms with Gasteiger partial charge in [-0.25, -0.2) is 0 Å². The van der Waals surface area contributed by atoms with Crippen molar-refractivity contribution in [1.82, 2.24) is 0 Å². The normalized spacial score (nSPS) is 15.9. The summed E-state index contributed by atoms with van der Waals surface area (Å²) >= 11 is 1.70. The molecule has 1 aromatic rings. The van der Waals surface area contributed by atoms with Gasteiger partial charge in [0.2, 0.25) is 0 Å². The van der Waals surface area contributed by atoms with Gasteiger partial charge >= 0.3 is 0 Å².